The van der Waals surface area contributed by atoms with Crippen LogP contribution in [0.1, 0.15) is 43.1 Å². The van der Waals surface area contributed by atoms with Crippen molar-refractivity contribution in [2.24, 2.45) is 10.9 Å². The standard InChI is InChI=1S/C20H19NO5/c1-11-17(20(23)24-2)19(16-6-4-8-26-16)18-13(21-11)9-12(10-14(18)22)15-5-3-7-25-15/h3-8,12,17,19H,9-10H2,1-2H3/t12-,17?,19-/m1/s1. The van der Waals surface area contributed by atoms with E-state index in [1.807, 2.05) is 12.1 Å². The van der Waals surface area contributed by atoms with Gasteiger partial charge in [0, 0.05) is 35.7 Å². The number of Topliss-reactive ketones (excluding diaryl/α,β-unsaturated/α-hetero) is 1. The van der Waals surface area contributed by atoms with Crippen molar-refractivity contribution < 1.29 is 23.2 Å². The first-order valence-electron chi connectivity index (χ1n) is 8.56. The van der Waals surface area contributed by atoms with Crippen LogP contribution in [0.3, 0.4) is 0 Å². The van der Waals surface area contributed by atoms with Crippen molar-refractivity contribution in [2.75, 3.05) is 7.11 Å². The number of ether oxygens (including phenoxy) is 1. The largest absolute Gasteiger partial charge is 0.469 e. The maximum Gasteiger partial charge on any atom is 0.315 e. The summed E-state index contributed by atoms with van der Waals surface area (Å²) in [5.74, 6) is -0.294. The van der Waals surface area contributed by atoms with Crippen LogP contribution in [0, 0.1) is 5.92 Å². The van der Waals surface area contributed by atoms with E-state index in [1.54, 1.807) is 31.6 Å². The minimum Gasteiger partial charge on any atom is -0.469 e. The second-order valence-corrected chi connectivity index (χ2v) is 6.65. The molecule has 2 aromatic heterocycles. The van der Waals surface area contributed by atoms with E-state index >= 15 is 0 Å². The van der Waals surface area contributed by atoms with Gasteiger partial charge in [-0.25, -0.2) is 0 Å². The molecule has 2 aromatic rings. The fourth-order valence-electron chi connectivity index (χ4n) is 3.99. The van der Waals surface area contributed by atoms with Gasteiger partial charge in [-0.05, 0) is 31.2 Å². The summed E-state index contributed by atoms with van der Waals surface area (Å²) in [7, 11) is 1.34. The smallest absolute Gasteiger partial charge is 0.315 e. The molecule has 3 atom stereocenters. The summed E-state index contributed by atoms with van der Waals surface area (Å²) in [6.45, 7) is 1.79. The Morgan fingerprint density at radius 3 is 2.46 bits per heavy atom. The molecule has 0 saturated carbocycles. The molecule has 3 heterocycles. The van der Waals surface area contributed by atoms with E-state index in [4.69, 9.17) is 13.6 Å². The predicted molar refractivity (Wildman–Crippen MR) is 92.8 cm³/mol. The Bertz CT molecular complexity index is 889. The van der Waals surface area contributed by atoms with Crippen molar-refractivity contribution in [1.82, 2.24) is 0 Å². The van der Waals surface area contributed by atoms with Gasteiger partial charge in [0.25, 0.3) is 0 Å². The zero-order chi connectivity index (χ0) is 18.3. The van der Waals surface area contributed by atoms with E-state index < -0.39 is 17.8 Å². The van der Waals surface area contributed by atoms with Crippen LogP contribution in [-0.2, 0) is 14.3 Å². The lowest BCUT2D eigenvalue weighted by Crippen LogP contribution is -2.37. The second kappa shape index (κ2) is 6.44. The topological polar surface area (TPSA) is 82.0 Å². The minimum atomic E-state index is -0.658. The zero-order valence-corrected chi connectivity index (χ0v) is 14.6. The Balaban J connectivity index is 1.80. The molecule has 0 N–H and O–H groups in total. The predicted octanol–water partition coefficient (Wildman–Crippen LogP) is 3.62. The van der Waals surface area contributed by atoms with Gasteiger partial charge in [0.2, 0.25) is 0 Å². The summed E-state index contributed by atoms with van der Waals surface area (Å²) in [6, 6.07) is 7.24. The Hall–Kier alpha value is -2.89. The van der Waals surface area contributed by atoms with Crippen LogP contribution in [0.5, 0.6) is 0 Å². The molecular formula is C20H19NO5. The Morgan fingerprint density at radius 2 is 1.85 bits per heavy atom. The number of esters is 1. The van der Waals surface area contributed by atoms with Crippen molar-refractivity contribution in [3.05, 3.63) is 59.6 Å². The maximum absolute atomic E-state index is 13.0. The number of rotatable bonds is 3. The number of aliphatic imine (C=N–C) groups is 1. The summed E-state index contributed by atoms with van der Waals surface area (Å²) in [5.41, 5.74) is 1.90. The monoisotopic (exact) mass is 353 g/mol. The highest BCUT2D eigenvalue weighted by Crippen LogP contribution is 2.46. The average Bonchev–Trinajstić information content (AvgIpc) is 3.33. The number of hydrogen-bond donors (Lipinski definition) is 0. The summed E-state index contributed by atoms with van der Waals surface area (Å²) in [6.07, 6.45) is 4.07. The van der Waals surface area contributed by atoms with Gasteiger partial charge in [-0.1, -0.05) is 0 Å². The van der Waals surface area contributed by atoms with Crippen LogP contribution in [0.25, 0.3) is 0 Å². The number of ketones is 1. The fraction of sp³-hybridized carbons (Fsp3) is 0.350. The molecule has 6 nitrogen and oxygen atoms in total. The lowest BCUT2D eigenvalue weighted by atomic mass is 9.71. The number of allylic oxidation sites excluding steroid dienone is 2. The third-order valence-corrected chi connectivity index (χ3v) is 5.14. The Kier molecular flexibility index (Phi) is 4.11. The molecule has 2 aliphatic rings. The fourth-order valence-corrected chi connectivity index (χ4v) is 3.99. The molecule has 1 unspecified atom stereocenters. The van der Waals surface area contributed by atoms with Crippen LogP contribution >= 0.6 is 0 Å². The van der Waals surface area contributed by atoms with Gasteiger partial charge in [-0.2, -0.15) is 0 Å². The van der Waals surface area contributed by atoms with Crippen LogP contribution in [0.4, 0.5) is 0 Å². The summed E-state index contributed by atoms with van der Waals surface area (Å²) >= 11 is 0. The van der Waals surface area contributed by atoms with E-state index in [9.17, 15) is 9.59 Å². The third-order valence-electron chi connectivity index (χ3n) is 5.14. The van der Waals surface area contributed by atoms with Gasteiger partial charge < -0.3 is 13.6 Å². The van der Waals surface area contributed by atoms with E-state index in [-0.39, 0.29) is 11.7 Å². The summed E-state index contributed by atoms with van der Waals surface area (Å²) in [5, 5.41) is 0. The van der Waals surface area contributed by atoms with E-state index in [0.717, 1.165) is 5.76 Å². The van der Waals surface area contributed by atoms with Crippen LogP contribution in [0.2, 0.25) is 0 Å². The Morgan fingerprint density at radius 1 is 1.15 bits per heavy atom. The molecule has 134 valence electrons. The molecule has 0 amide bonds. The first-order valence-corrected chi connectivity index (χ1v) is 8.56. The highest BCUT2D eigenvalue weighted by atomic mass is 16.5. The molecule has 0 saturated heterocycles. The molecule has 1 aliphatic heterocycles. The average molecular weight is 353 g/mol. The molecule has 0 spiro atoms. The van der Waals surface area contributed by atoms with Crippen LogP contribution < -0.4 is 0 Å². The molecule has 1 aliphatic carbocycles. The molecule has 0 fully saturated rings. The minimum absolute atomic E-state index is 0.0285. The van der Waals surface area contributed by atoms with Crippen molar-refractivity contribution in [3.8, 4) is 0 Å². The lowest BCUT2D eigenvalue weighted by Gasteiger charge is -2.34. The van der Waals surface area contributed by atoms with E-state index in [2.05, 4.69) is 4.99 Å². The highest BCUT2D eigenvalue weighted by molar-refractivity contribution is 6.08. The van der Waals surface area contributed by atoms with Crippen LogP contribution in [-0.4, -0.2) is 24.6 Å². The summed E-state index contributed by atoms with van der Waals surface area (Å²) in [4.78, 5) is 30.1. The first-order chi connectivity index (χ1) is 12.6. The normalized spacial score (nSPS) is 25.7. The first kappa shape index (κ1) is 16.6. The van der Waals surface area contributed by atoms with E-state index in [1.165, 1.54) is 7.11 Å². The van der Waals surface area contributed by atoms with Gasteiger partial charge in [0.05, 0.1) is 25.6 Å². The van der Waals surface area contributed by atoms with Crippen molar-refractivity contribution in [3.63, 3.8) is 0 Å². The highest BCUT2D eigenvalue weighted by Gasteiger charge is 2.46. The molecule has 26 heavy (non-hydrogen) atoms. The number of methoxy groups -OCH3 is 1. The SMILES string of the molecule is COC(=O)C1C(C)=NC2=C(C(=O)C[C@H](c3ccco3)C2)[C@@H]1c1ccco1. The van der Waals surface area contributed by atoms with Gasteiger partial charge in [0.1, 0.15) is 17.4 Å². The van der Waals surface area contributed by atoms with E-state index in [0.29, 0.717) is 35.6 Å². The van der Waals surface area contributed by atoms with Crippen molar-refractivity contribution in [2.45, 2.75) is 31.6 Å². The van der Waals surface area contributed by atoms with Gasteiger partial charge in [-0.3, -0.25) is 14.6 Å². The maximum atomic E-state index is 13.0. The molecule has 6 heteroatoms. The number of furan rings is 2. The third kappa shape index (κ3) is 2.62. The Labute approximate surface area is 150 Å². The molecule has 0 aromatic carbocycles. The molecule has 0 radical (unpaired) electrons. The second-order valence-electron chi connectivity index (χ2n) is 6.65. The van der Waals surface area contributed by atoms with Gasteiger partial charge >= 0.3 is 5.97 Å². The van der Waals surface area contributed by atoms with Gasteiger partial charge in [0.15, 0.2) is 5.78 Å². The zero-order valence-electron chi connectivity index (χ0n) is 14.6. The number of hydrogen-bond acceptors (Lipinski definition) is 6. The van der Waals surface area contributed by atoms with Crippen LogP contribution in [0.15, 0.2) is 61.9 Å². The number of nitrogens with zero attached hydrogens (tertiary/aromatic N) is 1. The lowest BCUT2D eigenvalue weighted by molar-refractivity contribution is -0.143. The molecular weight excluding hydrogens is 334 g/mol. The summed E-state index contributed by atoms with van der Waals surface area (Å²) < 4.78 is 16.0. The number of carbonyl (C=O) groups excluding carboxylic acids is 2. The van der Waals surface area contributed by atoms with Crippen molar-refractivity contribution in [1.29, 1.82) is 0 Å². The number of carbonyl (C=O) groups is 2. The molecule has 4 rings (SSSR count). The van der Waals surface area contributed by atoms with Gasteiger partial charge in [-0.15, -0.1) is 0 Å². The molecule has 0 bridgehead atoms. The quantitative estimate of drug-likeness (QED) is 0.787. The van der Waals surface area contributed by atoms with Crippen molar-refractivity contribution >= 4 is 17.5 Å².